The van der Waals surface area contributed by atoms with Crippen LogP contribution in [0.1, 0.15) is 54.4 Å². The van der Waals surface area contributed by atoms with Crippen LogP contribution < -0.4 is 10.0 Å². The number of nitriles is 1. The molecule has 0 spiro atoms. The molecule has 2 aromatic carbocycles. The van der Waals surface area contributed by atoms with Gasteiger partial charge in [-0.3, -0.25) is 4.79 Å². The summed E-state index contributed by atoms with van der Waals surface area (Å²) in [5.41, 5.74) is 1.16. The van der Waals surface area contributed by atoms with E-state index in [1.54, 1.807) is 12.1 Å². The van der Waals surface area contributed by atoms with E-state index in [0.717, 1.165) is 37.7 Å². The molecule has 1 aliphatic carbocycles. The fourth-order valence-electron chi connectivity index (χ4n) is 4.06. The minimum absolute atomic E-state index is 0.0343. The zero-order valence-corrected chi connectivity index (χ0v) is 18.1. The lowest BCUT2D eigenvalue weighted by Crippen LogP contribution is -2.42. The molecule has 0 atom stereocenters. The molecule has 0 aliphatic heterocycles. The number of amides is 1. The largest absolute Gasteiger partial charge is 0.351 e. The molecular formula is C23H26FN3O3S. The molecule has 0 aromatic heterocycles. The summed E-state index contributed by atoms with van der Waals surface area (Å²) in [6.45, 7) is 0.472. The fourth-order valence-corrected chi connectivity index (χ4v) is 5.09. The van der Waals surface area contributed by atoms with Crippen LogP contribution >= 0.6 is 0 Å². The molecule has 8 heteroatoms. The number of nitrogens with one attached hydrogen (secondary N) is 2. The first-order chi connectivity index (χ1) is 14.9. The molecule has 2 N–H and O–H groups in total. The Bertz CT molecular complexity index is 1040. The second kappa shape index (κ2) is 10.0. The minimum Gasteiger partial charge on any atom is -0.351 e. The summed E-state index contributed by atoms with van der Waals surface area (Å²) < 4.78 is 40.1. The molecule has 0 heterocycles. The van der Waals surface area contributed by atoms with E-state index in [1.807, 2.05) is 6.07 Å². The van der Waals surface area contributed by atoms with E-state index in [0.29, 0.717) is 12.1 Å². The lowest BCUT2D eigenvalue weighted by molar-refractivity contribution is 0.0936. The first-order valence-electron chi connectivity index (χ1n) is 10.4. The summed E-state index contributed by atoms with van der Waals surface area (Å²) >= 11 is 0. The molecule has 0 bridgehead atoms. The highest BCUT2D eigenvalue weighted by molar-refractivity contribution is 7.89. The maximum atomic E-state index is 13.4. The predicted octanol–water partition coefficient (Wildman–Crippen LogP) is 3.65. The fraction of sp³-hybridized carbons (Fsp3) is 0.391. The van der Waals surface area contributed by atoms with Gasteiger partial charge in [0.25, 0.3) is 5.91 Å². The Labute approximate surface area is 182 Å². The van der Waals surface area contributed by atoms with Crippen LogP contribution in [-0.4, -0.2) is 27.4 Å². The van der Waals surface area contributed by atoms with Crippen molar-refractivity contribution < 1.29 is 17.6 Å². The van der Waals surface area contributed by atoms with Crippen LogP contribution in [0, 0.1) is 17.1 Å². The lowest BCUT2D eigenvalue weighted by Gasteiger charge is -2.38. The van der Waals surface area contributed by atoms with Crippen LogP contribution in [0.4, 0.5) is 4.39 Å². The lowest BCUT2D eigenvalue weighted by atomic mass is 9.69. The van der Waals surface area contributed by atoms with Crippen molar-refractivity contribution in [1.82, 2.24) is 10.0 Å². The second-order valence-electron chi connectivity index (χ2n) is 7.86. The zero-order chi connectivity index (χ0) is 22.3. The third-order valence-electron chi connectivity index (χ3n) is 5.81. The van der Waals surface area contributed by atoms with E-state index in [1.165, 1.54) is 36.4 Å². The molecule has 0 unspecified atom stereocenters. The van der Waals surface area contributed by atoms with Gasteiger partial charge in [0.15, 0.2) is 0 Å². The standard InChI is InChI=1S/C23H26FN3O3S/c24-20-9-7-19(8-10-20)23(13-2-1-3-14-23)17-26-22(28)18-5-11-21(12-6-18)31(29,30)27-16-4-15-25/h5-12,27H,1-4,13-14,16-17H2,(H,26,28). The van der Waals surface area contributed by atoms with Gasteiger partial charge in [-0.2, -0.15) is 5.26 Å². The highest BCUT2D eigenvalue weighted by Crippen LogP contribution is 2.39. The summed E-state index contributed by atoms with van der Waals surface area (Å²) in [7, 11) is -3.72. The number of hydrogen-bond donors (Lipinski definition) is 2. The van der Waals surface area contributed by atoms with E-state index in [2.05, 4.69) is 10.0 Å². The average Bonchev–Trinajstić information content (AvgIpc) is 2.79. The van der Waals surface area contributed by atoms with Crippen LogP contribution in [0.5, 0.6) is 0 Å². The molecule has 2 aromatic rings. The molecule has 3 rings (SSSR count). The number of nitrogens with zero attached hydrogens (tertiary/aromatic N) is 1. The topological polar surface area (TPSA) is 99.1 Å². The van der Waals surface area contributed by atoms with Gasteiger partial charge in [0.05, 0.1) is 11.0 Å². The Kier molecular flexibility index (Phi) is 7.42. The van der Waals surface area contributed by atoms with Crippen molar-refractivity contribution in [3.63, 3.8) is 0 Å². The van der Waals surface area contributed by atoms with Gasteiger partial charge in [-0.25, -0.2) is 17.5 Å². The van der Waals surface area contributed by atoms with Crippen molar-refractivity contribution in [3.8, 4) is 6.07 Å². The monoisotopic (exact) mass is 443 g/mol. The number of hydrogen-bond acceptors (Lipinski definition) is 4. The Morgan fingerprint density at radius 1 is 1.03 bits per heavy atom. The van der Waals surface area contributed by atoms with Crippen LogP contribution in [0.2, 0.25) is 0 Å². The van der Waals surface area contributed by atoms with Crippen LogP contribution in [0.15, 0.2) is 53.4 Å². The highest BCUT2D eigenvalue weighted by Gasteiger charge is 2.34. The normalized spacial score (nSPS) is 15.7. The third-order valence-corrected chi connectivity index (χ3v) is 7.29. The van der Waals surface area contributed by atoms with Gasteiger partial charge in [0.2, 0.25) is 10.0 Å². The molecule has 1 amide bonds. The minimum atomic E-state index is -3.72. The van der Waals surface area contributed by atoms with Gasteiger partial charge in [0, 0.05) is 30.5 Å². The molecule has 1 aliphatic rings. The van der Waals surface area contributed by atoms with E-state index < -0.39 is 10.0 Å². The van der Waals surface area contributed by atoms with Gasteiger partial charge in [-0.1, -0.05) is 31.4 Å². The molecule has 0 radical (unpaired) electrons. The van der Waals surface area contributed by atoms with Crippen LogP contribution in [0.3, 0.4) is 0 Å². The second-order valence-corrected chi connectivity index (χ2v) is 9.63. The van der Waals surface area contributed by atoms with Crippen molar-refractivity contribution in [2.45, 2.75) is 48.8 Å². The van der Waals surface area contributed by atoms with Crippen molar-refractivity contribution in [2.24, 2.45) is 0 Å². The van der Waals surface area contributed by atoms with Gasteiger partial charge in [0.1, 0.15) is 5.82 Å². The average molecular weight is 444 g/mol. The van der Waals surface area contributed by atoms with Gasteiger partial charge in [-0.15, -0.1) is 0 Å². The predicted molar refractivity (Wildman–Crippen MR) is 115 cm³/mol. The number of rotatable bonds is 8. The van der Waals surface area contributed by atoms with Gasteiger partial charge < -0.3 is 5.32 Å². The van der Waals surface area contributed by atoms with E-state index in [9.17, 15) is 17.6 Å². The van der Waals surface area contributed by atoms with Crippen LogP contribution in [-0.2, 0) is 15.4 Å². The molecule has 0 saturated heterocycles. The molecular weight excluding hydrogens is 417 g/mol. The molecule has 31 heavy (non-hydrogen) atoms. The Morgan fingerprint density at radius 2 is 1.68 bits per heavy atom. The number of sulfonamides is 1. The summed E-state index contributed by atoms with van der Waals surface area (Å²) in [5, 5.41) is 11.5. The molecule has 6 nitrogen and oxygen atoms in total. The SMILES string of the molecule is N#CCCNS(=O)(=O)c1ccc(C(=O)NCC2(c3ccc(F)cc3)CCCCC2)cc1. The van der Waals surface area contributed by atoms with Gasteiger partial charge >= 0.3 is 0 Å². The summed E-state index contributed by atoms with van der Waals surface area (Å²) in [4.78, 5) is 12.8. The Morgan fingerprint density at radius 3 is 2.29 bits per heavy atom. The first kappa shape index (κ1) is 22.9. The van der Waals surface area contributed by atoms with Crippen LogP contribution in [0.25, 0.3) is 0 Å². The Balaban J connectivity index is 1.69. The Hall–Kier alpha value is -2.76. The smallest absolute Gasteiger partial charge is 0.251 e. The summed E-state index contributed by atoms with van der Waals surface area (Å²) in [6, 6.07) is 14.1. The van der Waals surface area contributed by atoms with Crippen molar-refractivity contribution in [3.05, 3.63) is 65.5 Å². The maximum Gasteiger partial charge on any atom is 0.251 e. The molecule has 164 valence electrons. The highest BCUT2D eigenvalue weighted by atomic mass is 32.2. The number of carbonyl (C=O) groups is 1. The first-order valence-corrected chi connectivity index (χ1v) is 11.9. The number of carbonyl (C=O) groups excluding carboxylic acids is 1. The zero-order valence-electron chi connectivity index (χ0n) is 17.2. The molecule has 1 fully saturated rings. The number of benzene rings is 2. The quantitative estimate of drug-likeness (QED) is 0.609. The summed E-state index contributed by atoms with van der Waals surface area (Å²) in [5.74, 6) is -0.565. The van der Waals surface area contributed by atoms with Crippen molar-refractivity contribution in [1.29, 1.82) is 5.26 Å². The number of halogens is 1. The maximum absolute atomic E-state index is 13.4. The third kappa shape index (κ3) is 5.69. The van der Waals surface area contributed by atoms with Crippen molar-refractivity contribution in [2.75, 3.05) is 13.1 Å². The van der Waals surface area contributed by atoms with E-state index in [4.69, 9.17) is 5.26 Å². The van der Waals surface area contributed by atoms with E-state index in [-0.39, 0.29) is 35.0 Å². The van der Waals surface area contributed by atoms with Crippen molar-refractivity contribution >= 4 is 15.9 Å². The van der Waals surface area contributed by atoms with E-state index >= 15 is 0 Å². The molecule has 1 saturated carbocycles. The van der Waals surface area contributed by atoms with Gasteiger partial charge in [-0.05, 0) is 54.8 Å². The summed E-state index contributed by atoms with van der Waals surface area (Å²) in [6.07, 6.45) is 5.18.